The lowest BCUT2D eigenvalue weighted by atomic mass is 10.1. The van der Waals surface area contributed by atoms with Gasteiger partial charge in [0.05, 0.1) is 5.88 Å². The first-order valence-corrected chi connectivity index (χ1v) is 5.02. The van der Waals surface area contributed by atoms with Gasteiger partial charge in [0.15, 0.2) is 5.82 Å². The molecule has 1 N–H and O–H groups in total. The minimum Gasteiger partial charge on any atom is -0.263 e. The van der Waals surface area contributed by atoms with E-state index < -0.39 is 0 Å². The van der Waals surface area contributed by atoms with Crippen molar-refractivity contribution in [1.29, 1.82) is 0 Å². The van der Waals surface area contributed by atoms with Gasteiger partial charge in [0.25, 0.3) is 0 Å². The van der Waals surface area contributed by atoms with Crippen LogP contribution in [0.3, 0.4) is 0 Å². The molecule has 5 heteroatoms. The number of nitrogens with zero attached hydrogens (tertiary/aromatic N) is 2. The Balaban J connectivity index is 2.18. The largest absolute Gasteiger partial charge is 0.263 e. The van der Waals surface area contributed by atoms with Gasteiger partial charge in [0, 0.05) is 6.42 Å². The van der Waals surface area contributed by atoms with Crippen molar-refractivity contribution in [1.82, 2.24) is 15.2 Å². The number of hydrogen-bond donors (Lipinski definition) is 1. The predicted molar refractivity (Wildman–Crippen MR) is 55.1 cm³/mol. The molecule has 0 bridgehead atoms. The summed E-state index contributed by atoms with van der Waals surface area (Å²) in [6.45, 7) is 0. The summed E-state index contributed by atoms with van der Waals surface area (Å²) in [4.78, 5) is 4.10. The zero-order valence-electron chi connectivity index (χ0n) is 7.87. The smallest absolute Gasteiger partial charge is 0.165 e. The number of rotatable bonds is 3. The minimum atomic E-state index is -0.235. The Labute approximate surface area is 91.3 Å². The molecule has 0 spiro atoms. The van der Waals surface area contributed by atoms with E-state index in [1.165, 1.54) is 6.07 Å². The molecule has 0 saturated carbocycles. The average molecular weight is 226 g/mol. The fourth-order valence-electron chi connectivity index (χ4n) is 1.30. The molecule has 0 atom stereocenters. The van der Waals surface area contributed by atoms with Gasteiger partial charge in [-0.1, -0.05) is 18.2 Å². The fourth-order valence-corrected chi connectivity index (χ4v) is 1.42. The third-order valence-electron chi connectivity index (χ3n) is 2.01. The normalized spacial score (nSPS) is 10.5. The summed E-state index contributed by atoms with van der Waals surface area (Å²) in [6.07, 6.45) is 0.399. The minimum absolute atomic E-state index is 0.235. The van der Waals surface area contributed by atoms with Gasteiger partial charge in [-0.25, -0.2) is 9.37 Å². The standard InChI is InChI=1S/C10H9ClFN3/c11-6-10-13-9(14-15-10)5-7-3-1-2-4-8(7)12/h1-4H,5-6H2,(H,13,14,15). The van der Waals surface area contributed by atoms with Crippen molar-refractivity contribution in [2.45, 2.75) is 12.3 Å². The lowest BCUT2D eigenvalue weighted by Crippen LogP contribution is -1.94. The number of H-pyrrole nitrogens is 1. The first kappa shape index (κ1) is 10.1. The third-order valence-corrected chi connectivity index (χ3v) is 2.25. The van der Waals surface area contributed by atoms with Crippen molar-refractivity contribution in [2.75, 3.05) is 0 Å². The molecule has 2 aromatic rings. The van der Waals surface area contributed by atoms with Gasteiger partial charge in [-0.15, -0.1) is 11.6 Å². The number of benzene rings is 1. The van der Waals surface area contributed by atoms with Crippen molar-refractivity contribution in [3.05, 3.63) is 47.3 Å². The molecule has 1 aromatic carbocycles. The van der Waals surface area contributed by atoms with E-state index >= 15 is 0 Å². The Hall–Kier alpha value is -1.42. The van der Waals surface area contributed by atoms with E-state index in [-0.39, 0.29) is 11.7 Å². The monoisotopic (exact) mass is 225 g/mol. The quantitative estimate of drug-likeness (QED) is 0.815. The Bertz CT molecular complexity index is 455. The van der Waals surface area contributed by atoms with Gasteiger partial charge in [-0.05, 0) is 11.6 Å². The molecule has 0 saturated heterocycles. The maximum atomic E-state index is 13.3. The number of hydrogen-bond acceptors (Lipinski definition) is 2. The highest BCUT2D eigenvalue weighted by Gasteiger charge is 2.06. The Kier molecular flexibility index (Phi) is 2.97. The number of alkyl halides is 1. The zero-order valence-corrected chi connectivity index (χ0v) is 8.63. The van der Waals surface area contributed by atoms with Gasteiger partial charge < -0.3 is 0 Å². The molecule has 0 unspecified atom stereocenters. The van der Waals surface area contributed by atoms with Crippen LogP contribution in [0.1, 0.15) is 17.2 Å². The average Bonchev–Trinajstić information content (AvgIpc) is 2.69. The SMILES string of the molecule is Fc1ccccc1Cc1nc(CCl)n[nH]1. The lowest BCUT2D eigenvalue weighted by Gasteiger charge is -1.98. The van der Waals surface area contributed by atoms with Crippen LogP contribution in [0.15, 0.2) is 24.3 Å². The number of halogens is 2. The summed E-state index contributed by atoms with van der Waals surface area (Å²) in [6, 6.07) is 6.59. The lowest BCUT2D eigenvalue weighted by molar-refractivity contribution is 0.612. The van der Waals surface area contributed by atoms with E-state index in [4.69, 9.17) is 11.6 Å². The highest BCUT2D eigenvalue weighted by atomic mass is 35.5. The maximum absolute atomic E-state index is 13.3. The molecule has 1 heterocycles. The molecule has 2 rings (SSSR count). The van der Waals surface area contributed by atoms with Crippen molar-refractivity contribution in [3.8, 4) is 0 Å². The van der Waals surface area contributed by atoms with Crippen LogP contribution in [-0.4, -0.2) is 15.2 Å². The van der Waals surface area contributed by atoms with Crippen molar-refractivity contribution < 1.29 is 4.39 Å². The second kappa shape index (κ2) is 4.40. The molecule has 0 amide bonds. The first-order valence-electron chi connectivity index (χ1n) is 4.49. The Morgan fingerprint density at radius 3 is 2.80 bits per heavy atom. The highest BCUT2D eigenvalue weighted by molar-refractivity contribution is 6.16. The van der Waals surface area contributed by atoms with Gasteiger partial charge >= 0.3 is 0 Å². The fraction of sp³-hybridized carbons (Fsp3) is 0.200. The predicted octanol–water partition coefficient (Wildman–Crippen LogP) is 2.27. The van der Waals surface area contributed by atoms with E-state index in [1.54, 1.807) is 18.2 Å². The molecule has 0 fully saturated rings. The van der Waals surface area contributed by atoms with E-state index in [0.717, 1.165) is 0 Å². The molecule has 0 aliphatic carbocycles. The summed E-state index contributed by atoms with van der Waals surface area (Å²) in [7, 11) is 0. The van der Waals surface area contributed by atoms with Crippen LogP contribution in [-0.2, 0) is 12.3 Å². The molecule has 15 heavy (non-hydrogen) atoms. The molecule has 1 aromatic heterocycles. The molecule has 0 aliphatic heterocycles. The van der Waals surface area contributed by atoms with Gasteiger partial charge in [0.1, 0.15) is 11.6 Å². The summed E-state index contributed by atoms with van der Waals surface area (Å²) >= 11 is 5.56. The summed E-state index contributed by atoms with van der Waals surface area (Å²) in [5.41, 5.74) is 0.592. The number of aromatic amines is 1. The Morgan fingerprint density at radius 1 is 1.33 bits per heavy atom. The van der Waals surface area contributed by atoms with Crippen molar-refractivity contribution >= 4 is 11.6 Å². The topological polar surface area (TPSA) is 41.6 Å². The molecule has 0 radical (unpaired) electrons. The molecule has 3 nitrogen and oxygen atoms in total. The van der Waals surface area contributed by atoms with E-state index in [0.29, 0.717) is 23.6 Å². The zero-order chi connectivity index (χ0) is 10.7. The van der Waals surface area contributed by atoms with Crippen molar-refractivity contribution in [2.24, 2.45) is 0 Å². The van der Waals surface area contributed by atoms with Crippen LogP contribution >= 0.6 is 11.6 Å². The maximum Gasteiger partial charge on any atom is 0.165 e. The summed E-state index contributed by atoms with van der Waals surface area (Å²) < 4.78 is 13.3. The number of aromatic nitrogens is 3. The Morgan fingerprint density at radius 2 is 2.13 bits per heavy atom. The number of nitrogens with one attached hydrogen (secondary N) is 1. The molecular formula is C10H9ClFN3. The van der Waals surface area contributed by atoms with E-state index in [2.05, 4.69) is 15.2 Å². The van der Waals surface area contributed by atoms with Crippen LogP contribution in [0.2, 0.25) is 0 Å². The molecular weight excluding hydrogens is 217 g/mol. The van der Waals surface area contributed by atoms with Crippen LogP contribution in [0, 0.1) is 5.82 Å². The van der Waals surface area contributed by atoms with Crippen LogP contribution < -0.4 is 0 Å². The van der Waals surface area contributed by atoms with Crippen molar-refractivity contribution in [3.63, 3.8) is 0 Å². The second-order valence-electron chi connectivity index (χ2n) is 3.10. The van der Waals surface area contributed by atoms with Gasteiger partial charge in [0.2, 0.25) is 0 Å². The second-order valence-corrected chi connectivity index (χ2v) is 3.37. The summed E-state index contributed by atoms with van der Waals surface area (Å²) in [5, 5.41) is 6.59. The van der Waals surface area contributed by atoms with Crippen LogP contribution in [0.4, 0.5) is 4.39 Å². The van der Waals surface area contributed by atoms with E-state index in [9.17, 15) is 4.39 Å². The van der Waals surface area contributed by atoms with Crippen LogP contribution in [0.25, 0.3) is 0 Å². The summed E-state index contributed by atoms with van der Waals surface area (Å²) in [5.74, 6) is 1.17. The first-order chi connectivity index (χ1) is 7.29. The van der Waals surface area contributed by atoms with Gasteiger partial charge in [-0.3, -0.25) is 5.10 Å². The van der Waals surface area contributed by atoms with Crippen LogP contribution in [0.5, 0.6) is 0 Å². The third kappa shape index (κ3) is 2.33. The van der Waals surface area contributed by atoms with E-state index in [1.807, 2.05) is 0 Å². The highest BCUT2D eigenvalue weighted by Crippen LogP contribution is 2.10. The molecule has 0 aliphatic rings. The van der Waals surface area contributed by atoms with Gasteiger partial charge in [-0.2, -0.15) is 5.10 Å². The molecule has 78 valence electrons.